The molecule has 78 valence electrons. The van der Waals surface area contributed by atoms with Crippen LogP contribution in [0.1, 0.15) is 32.3 Å². The first-order valence-corrected chi connectivity index (χ1v) is 5.83. The molecule has 1 aromatic carbocycles. The standard InChI is InChI=1S/C12H16BrF/c1-8(2)12(13)9(3)10-4-6-11(14)7-5-10/h4-9,12H,1-3H3. The maximum absolute atomic E-state index is 12.7. The third-order valence-corrected chi connectivity index (χ3v) is 4.36. The molecule has 0 heterocycles. The highest BCUT2D eigenvalue weighted by Crippen LogP contribution is 2.29. The lowest BCUT2D eigenvalue weighted by Gasteiger charge is -2.22. The fraction of sp³-hybridized carbons (Fsp3) is 0.500. The third-order valence-electron chi connectivity index (χ3n) is 2.51. The van der Waals surface area contributed by atoms with Gasteiger partial charge in [0.2, 0.25) is 0 Å². The van der Waals surface area contributed by atoms with Crippen molar-refractivity contribution in [3.8, 4) is 0 Å². The third kappa shape index (κ3) is 2.81. The van der Waals surface area contributed by atoms with Gasteiger partial charge in [-0.3, -0.25) is 0 Å². The van der Waals surface area contributed by atoms with Gasteiger partial charge >= 0.3 is 0 Å². The summed E-state index contributed by atoms with van der Waals surface area (Å²) in [6.45, 7) is 6.52. The van der Waals surface area contributed by atoms with Gasteiger partial charge in [0.05, 0.1) is 0 Å². The molecule has 2 heteroatoms. The molecule has 0 amide bonds. The van der Waals surface area contributed by atoms with E-state index in [-0.39, 0.29) is 5.82 Å². The monoisotopic (exact) mass is 258 g/mol. The zero-order valence-electron chi connectivity index (χ0n) is 8.80. The first-order valence-electron chi connectivity index (χ1n) is 4.92. The van der Waals surface area contributed by atoms with Crippen LogP contribution >= 0.6 is 15.9 Å². The van der Waals surface area contributed by atoms with Gasteiger partial charge < -0.3 is 0 Å². The second-order valence-electron chi connectivity index (χ2n) is 4.03. The Bertz CT molecular complexity index is 279. The molecule has 0 radical (unpaired) electrons. The summed E-state index contributed by atoms with van der Waals surface area (Å²) < 4.78 is 12.7. The van der Waals surface area contributed by atoms with E-state index in [4.69, 9.17) is 0 Å². The molecule has 0 aliphatic heterocycles. The highest BCUT2D eigenvalue weighted by molar-refractivity contribution is 9.09. The average Bonchev–Trinajstić information content (AvgIpc) is 2.16. The lowest BCUT2D eigenvalue weighted by Crippen LogP contribution is -2.15. The Labute approximate surface area is 93.7 Å². The van der Waals surface area contributed by atoms with E-state index >= 15 is 0 Å². The summed E-state index contributed by atoms with van der Waals surface area (Å²) in [5.74, 6) is 0.822. The molecule has 1 rings (SSSR count). The SMILES string of the molecule is CC(C)C(Br)C(C)c1ccc(F)cc1. The fourth-order valence-corrected chi connectivity index (χ4v) is 1.83. The zero-order valence-corrected chi connectivity index (χ0v) is 10.4. The van der Waals surface area contributed by atoms with E-state index in [1.165, 1.54) is 17.7 Å². The topological polar surface area (TPSA) is 0 Å². The summed E-state index contributed by atoms with van der Waals surface area (Å²) in [6, 6.07) is 6.76. The molecule has 0 nitrogen and oxygen atoms in total. The lowest BCUT2D eigenvalue weighted by molar-refractivity contribution is 0.549. The predicted octanol–water partition coefficient (Wildman–Crippen LogP) is 4.35. The van der Waals surface area contributed by atoms with Crippen molar-refractivity contribution in [2.24, 2.45) is 5.92 Å². The number of benzene rings is 1. The molecule has 0 saturated heterocycles. The van der Waals surface area contributed by atoms with Crippen LogP contribution in [0.5, 0.6) is 0 Å². The van der Waals surface area contributed by atoms with E-state index < -0.39 is 0 Å². The minimum Gasteiger partial charge on any atom is -0.207 e. The van der Waals surface area contributed by atoms with Crippen LogP contribution in [0.25, 0.3) is 0 Å². The van der Waals surface area contributed by atoms with E-state index in [0.717, 1.165) is 0 Å². The Morgan fingerprint density at radius 1 is 1.07 bits per heavy atom. The van der Waals surface area contributed by atoms with Crippen molar-refractivity contribution in [2.75, 3.05) is 0 Å². The normalized spacial score (nSPS) is 15.6. The molecular formula is C12H16BrF. The molecule has 0 spiro atoms. The van der Waals surface area contributed by atoms with Gasteiger partial charge in [0, 0.05) is 4.83 Å². The Hall–Kier alpha value is -0.370. The Kier molecular flexibility index (Phi) is 4.11. The van der Waals surface area contributed by atoms with Crippen LogP contribution in [0.4, 0.5) is 4.39 Å². The van der Waals surface area contributed by atoms with E-state index in [2.05, 4.69) is 36.7 Å². The van der Waals surface area contributed by atoms with Crippen LogP contribution in [0.15, 0.2) is 24.3 Å². The first kappa shape index (κ1) is 11.7. The van der Waals surface area contributed by atoms with Gasteiger partial charge in [-0.2, -0.15) is 0 Å². The number of rotatable bonds is 3. The van der Waals surface area contributed by atoms with Crippen LogP contribution < -0.4 is 0 Å². The maximum atomic E-state index is 12.7. The summed E-state index contributed by atoms with van der Waals surface area (Å²) in [5.41, 5.74) is 1.18. The van der Waals surface area contributed by atoms with Crippen molar-refractivity contribution in [1.82, 2.24) is 0 Å². The van der Waals surface area contributed by atoms with Gasteiger partial charge in [0.25, 0.3) is 0 Å². The number of halogens is 2. The molecule has 2 unspecified atom stereocenters. The predicted molar refractivity (Wildman–Crippen MR) is 62.4 cm³/mol. The largest absolute Gasteiger partial charge is 0.207 e. The minimum atomic E-state index is -0.170. The highest BCUT2D eigenvalue weighted by Gasteiger charge is 2.18. The highest BCUT2D eigenvalue weighted by atomic mass is 79.9. The van der Waals surface area contributed by atoms with E-state index in [1.54, 1.807) is 0 Å². The quantitative estimate of drug-likeness (QED) is 0.708. The summed E-state index contributed by atoms with van der Waals surface area (Å²) in [4.78, 5) is 0.438. The molecule has 2 atom stereocenters. The smallest absolute Gasteiger partial charge is 0.123 e. The van der Waals surface area contributed by atoms with Crippen LogP contribution in [0.2, 0.25) is 0 Å². The van der Waals surface area contributed by atoms with Gasteiger partial charge in [0.15, 0.2) is 0 Å². The number of hydrogen-bond donors (Lipinski definition) is 0. The van der Waals surface area contributed by atoms with Gasteiger partial charge in [0.1, 0.15) is 5.82 Å². The molecule has 0 aliphatic carbocycles. The number of hydrogen-bond acceptors (Lipinski definition) is 0. The molecule has 0 bridgehead atoms. The van der Waals surface area contributed by atoms with Gasteiger partial charge in [-0.1, -0.05) is 48.8 Å². The molecule has 0 N–H and O–H groups in total. The summed E-state index contributed by atoms with van der Waals surface area (Å²) >= 11 is 3.67. The second kappa shape index (κ2) is 4.92. The van der Waals surface area contributed by atoms with Crippen molar-refractivity contribution in [3.63, 3.8) is 0 Å². The molecule has 1 aromatic rings. The van der Waals surface area contributed by atoms with Gasteiger partial charge in [-0.05, 0) is 29.5 Å². The second-order valence-corrected chi connectivity index (χ2v) is 5.09. The summed E-state index contributed by atoms with van der Waals surface area (Å²) in [5, 5.41) is 0. The van der Waals surface area contributed by atoms with Crippen molar-refractivity contribution in [2.45, 2.75) is 31.5 Å². The van der Waals surface area contributed by atoms with E-state index in [9.17, 15) is 4.39 Å². The maximum Gasteiger partial charge on any atom is 0.123 e. The van der Waals surface area contributed by atoms with Gasteiger partial charge in [-0.15, -0.1) is 0 Å². The lowest BCUT2D eigenvalue weighted by atomic mass is 9.92. The van der Waals surface area contributed by atoms with Crippen molar-refractivity contribution in [1.29, 1.82) is 0 Å². The van der Waals surface area contributed by atoms with Gasteiger partial charge in [-0.25, -0.2) is 4.39 Å². The molecular weight excluding hydrogens is 243 g/mol. The molecule has 14 heavy (non-hydrogen) atoms. The van der Waals surface area contributed by atoms with Crippen molar-refractivity contribution < 1.29 is 4.39 Å². The van der Waals surface area contributed by atoms with Crippen LogP contribution in [0, 0.1) is 11.7 Å². The fourth-order valence-electron chi connectivity index (χ4n) is 1.53. The Morgan fingerprint density at radius 2 is 1.57 bits per heavy atom. The Balaban J connectivity index is 2.78. The zero-order chi connectivity index (χ0) is 10.7. The van der Waals surface area contributed by atoms with Crippen LogP contribution in [0.3, 0.4) is 0 Å². The average molecular weight is 259 g/mol. The Morgan fingerprint density at radius 3 is 2.00 bits per heavy atom. The molecule has 0 aromatic heterocycles. The van der Waals surface area contributed by atoms with Crippen molar-refractivity contribution >= 4 is 15.9 Å². The molecule has 0 fully saturated rings. The van der Waals surface area contributed by atoms with E-state index in [1.807, 2.05) is 12.1 Å². The minimum absolute atomic E-state index is 0.170. The number of alkyl halides is 1. The summed E-state index contributed by atoms with van der Waals surface area (Å²) in [6.07, 6.45) is 0. The first-order chi connectivity index (χ1) is 6.52. The van der Waals surface area contributed by atoms with E-state index in [0.29, 0.717) is 16.7 Å². The van der Waals surface area contributed by atoms with Crippen LogP contribution in [-0.4, -0.2) is 4.83 Å². The van der Waals surface area contributed by atoms with Crippen LogP contribution in [-0.2, 0) is 0 Å². The summed E-state index contributed by atoms with van der Waals surface area (Å²) in [7, 11) is 0. The van der Waals surface area contributed by atoms with Crippen molar-refractivity contribution in [3.05, 3.63) is 35.6 Å². The molecule has 0 aliphatic rings. The molecule has 0 saturated carbocycles.